The van der Waals surface area contributed by atoms with Crippen molar-refractivity contribution in [1.29, 1.82) is 5.26 Å². The summed E-state index contributed by atoms with van der Waals surface area (Å²) in [5, 5.41) is 12.0. The van der Waals surface area contributed by atoms with Crippen LogP contribution in [-0.2, 0) is 6.54 Å². The molecule has 19 heavy (non-hydrogen) atoms. The van der Waals surface area contributed by atoms with Gasteiger partial charge in [0.2, 0.25) is 0 Å². The summed E-state index contributed by atoms with van der Waals surface area (Å²) in [5.41, 5.74) is 2.26. The Kier molecular flexibility index (Phi) is 3.76. The minimum absolute atomic E-state index is 0.269. The van der Waals surface area contributed by atoms with Gasteiger partial charge in [-0.25, -0.2) is 8.78 Å². The zero-order valence-electron chi connectivity index (χ0n) is 10.4. The second-order valence-corrected chi connectivity index (χ2v) is 4.23. The first-order valence-corrected chi connectivity index (χ1v) is 5.78. The number of benzene rings is 2. The summed E-state index contributed by atoms with van der Waals surface area (Å²) >= 11 is 0. The van der Waals surface area contributed by atoms with Crippen LogP contribution < -0.4 is 5.32 Å². The zero-order valence-corrected chi connectivity index (χ0v) is 10.4. The van der Waals surface area contributed by atoms with Gasteiger partial charge in [-0.3, -0.25) is 0 Å². The van der Waals surface area contributed by atoms with Gasteiger partial charge in [-0.15, -0.1) is 0 Å². The first-order chi connectivity index (χ1) is 9.10. The maximum atomic E-state index is 13.1. The van der Waals surface area contributed by atoms with E-state index in [1.807, 2.05) is 6.07 Å². The summed E-state index contributed by atoms with van der Waals surface area (Å²) in [4.78, 5) is 0. The number of halogens is 2. The molecular formula is C15H12F2N2. The van der Waals surface area contributed by atoms with Crippen LogP contribution in [0.15, 0.2) is 36.4 Å². The van der Waals surface area contributed by atoms with Crippen LogP contribution in [0.4, 0.5) is 14.5 Å². The lowest BCUT2D eigenvalue weighted by Crippen LogP contribution is -2.02. The molecule has 1 N–H and O–H groups in total. The molecule has 0 aliphatic rings. The SMILES string of the molecule is Cc1cc(NCc2cc(F)ccc2C#N)ccc1F. The number of nitrogens with zero attached hydrogens (tertiary/aromatic N) is 1. The number of hydrogen-bond acceptors (Lipinski definition) is 2. The highest BCUT2D eigenvalue weighted by Crippen LogP contribution is 2.16. The van der Waals surface area contributed by atoms with Crippen molar-refractivity contribution < 1.29 is 8.78 Å². The second-order valence-electron chi connectivity index (χ2n) is 4.23. The molecule has 0 bridgehead atoms. The van der Waals surface area contributed by atoms with Crippen LogP contribution in [0.1, 0.15) is 16.7 Å². The number of nitrogens with one attached hydrogen (secondary N) is 1. The minimum atomic E-state index is -0.383. The fourth-order valence-electron chi connectivity index (χ4n) is 1.77. The van der Waals surface area contributed by atoms with E-state index in [-0.39, 0.29) is 11.6 Å². The van der Waals surface area contributed by atoms with Crippen molar-refractivity contribution in [3.63, 3.8) is 0 Å². The summed E-state index contributed by atoms with van der Waals surface area (Å²) in [6.45, 7) is 1.98. The highest BCUT2D eigenvalue weighted by Gasteiger charge is 2.04. The van der Waals surface area contributed by atoms with Gasteiger partial charge in [-0.2, -0.15) is 5.26 Å². The van der Waals surface area contributed by atoms with E-state index in [2.05, 4.69) is 5.32 Å². The van der Waals surface area contributed by atoms with E-state index in [9.17, 15) is 8.78 Å². The van der Waals surface area contributed by atoms with Crippen molar-refractivity contribution >= 4 is 5.69 Å². The molecule has 96 valence electrons. The van der Waals surface area contributed by atoms with Gasteiger partial charge in [0.05, 0.1) is 11.6 Å². The van der Waals surface area contributed by atoms with E-state index in [0.29, 0.717) is 23.2 Å². The van der Waals surface area contributed by atoms with Gasteiger partial charge in [-0.1, -0.05) is 0 Å². The molecule has 0 saturated heterocycles. The number of nitriles is 1. The average molecular weight is 258 g/mol. The van der Waals surface area contributed by atoms with Gasteiger partial charge in [0.25, 0.3) is 0 Å². The highest BCUT2D eigenvalue weighted by atomic mass is 19.1. The standard InChI is InChI=1S/C15H12F2N2/c1-10-6-14(4-5-15(10)17)19-9-12-7-13(16)3-2-11(12)8-18/h2-7,19H,9H2,1H3. The van der Waals surface area contributed by atoms with Gasteiger partial charge in [-0.05, 0) is 54.4 Å². The van der Waals surface area contributed by atoms with Crippen LogP contribution in [0.25, 0.3) is 0 Å². The molecule has 0 unspecified atom stereocenters. The van der Waals surface area contributed by atoms with Gasteiger partial charge < -0.3 is 5.32 Å². The molecule has 0 aromatic heterocycles. The summed E-state index contributed by atoms with van der Waals surface area (Å²) < 4.78 is 26.3. The number of aryl methyl sites for hydroxylation is 1. The summed E-state index contributed by atoms with van der Waals surface area (Å²) in [6.07, 6.45) is 0. The lowest BCUT2D eigenvalue weighted by Gasteiger charge is -2.09. The van der Waals surface area contributed by atoms with Gasteiger partial charge in [0.15, 0.2) is 0 Å². The molecule has 0 radical (unpaired) electrons. The molecule has 0 spiro atoms. The molecule has 2 aromatic rings. The van der Waals surface area contributed by atoms with Crippen molar-refractivity contribution in [1.82, 2.24) is 0 Å². The Morgan fingerprint density at radius 2 is 1.95 bits per heavy atom. The molecule has 0 aliphatic carbocycles. The Bertz CT molecular complexity index is 645. The molecular weight excluding hydrogens is 246 g/mol. The van der Waals surface area contributed by atoms with Crippen molar-refractivity contribution in [3.8, 4) is 6.07 Å². The predicted molar refractivity (Wildman–Crippen MR) is 69.6 cm³/mol. The normalized spacial score (nSPS) is 10.0. The predicted octanol–water partition coefficient (Wildman–Crippen LogP) is 3.76. The van der Waals surface area contributed by atoms with Gasteiger partial charge >= 0.3 is 0 Å². The molecule has 2 nitrogen and oxygen atoms in total. The smallest absolute Gasteiger partial charge is 0.126 e. The van der Waals surface area contributed by atoms with Gasteiger partial charge in [0.1, 0.15) is 11.6 Å². The molecule has 0 heterocycles. The van der Waals surface area contributed by atoms with Crippen LogP contribution in [-0.4, -0.2) is 0 Å². The topological polar surface area (TPSA) is 35.8 Å². The molecule has 2 aromatic carbocycles. The van der Waals surface area contributed by atoms with Crippen LogP contribution >= 0.6 is 0 Å². The first-order valence-electron chi connectivity index (χ1n) is 5.78. The molecule has 0 amide bonds. The zero-order chi connectivity index (χ0) is 13.8. The molecule has 0 saturated carbocycles. The number of rotatable bonds is 3. The van der Waals surface area contributed by atoms with E-state index in [0.717, 1.165) is 5.69 Å². The van der Waals surface area contributed by atoms with E-state index in [1.165, 1.54) is 24.3 Å². The van der Waals surface area contributed by atoms with Crippen molar-refractivity contribution in [2.24, 2.45) is 0 Å². The van der Waals surface area contributed by atoms with E-state index < -0.39 is 0 Å². The van der Waals surface area contributed by atoms with Crippen LogP contribution in [0.3, 0.4) is 0 Å². The quantitative estimate of drug-likeness (QED) is 0.909. The summed E-state index contributed by atoms with van der Waals surface area (Å²) in [7, 11) is 0. The van der Waals surface area contributed by atoms with Gasteiger partial charge in [0, 0.05) is 12.2 Å². The Hall–Kier alpha value is -2.41. The van der Waals surface area contributed by atoms with Crippen LogP contribution in [0.5, 0.6) is 0 Å². The lowest BCUT2D eigenvalue weighted by atomic mass is 10.1. The Labute approximate surface area is 110 Å². The van der Waals surface area contributed by atoms with E-state index >= 15 is 0 Å². The third-order valence-corrected chi connectivity index (χ3v) is 2.83. The number of anilines is 1. The molecule has 2 rings (SSSR count). The van der Waals surface area contributed by atoms with Crippen LogP contribution in [0.2, 0.25) is 0 Å². The Morgan fingerprint density at radius 1 is 1.16 bits per heavy atom. The van der Waals surface area contributed by atoms with Crippen molar-refractivity contribution in [2.75, 3.05) is 5.32 Å². The molecule has 0 aliphatic heterocycles. The summed E-state index contributed by atoms with van der Waals surface area (Å²) in [5.74, 6) is -0.653. The monoisotopic (exact) mass is 258 g/mol. The molecule has 4 heteroatoms. The first kappa shape index (κ1) is 13.0. The average Bonchev–Trinajstić information content (AvgIpc) is 2.40. The maximum absolute atomic E-state index is 13.1. The Morgan fingerprint density at radius 3 is 2.63 bits per heavy atom. The minimum Gasteiger partial charge on any atom is -0.381 e. The fraction of sp³-hybridized carbons (Fsp3) is 0.133. The summed E-state index contributed by atoms with van der Waals surface area (Å²) in [6, 6.07) is 10.7. The highest BCUT2D eigenvalue weighted by molar-refractivity contribution is 5.48. The number of hydrogen-bond donors (Lipinski definition) is 1. The fourth-order valence-corrected chi connectivity index (χ4v) is 1.77. The van der Waals surface area contributed by atoms with Crippen molar-refractivity contribution in [2.45, 2.75) is 13.5 Å². The second kappa shape index (κ2) is 5.49. The molecule has 0 fully saturated rings. The third-order valence-electron chi connectivity index (χ3n) is 2.83. The van der Waals surface area contributed by atoms with E-state index in [1.54, 1.807) is 19.1 Å². The Balaban J connectivity index is 2.16. The third kappa shape index (κ3) is 3.08. The molecule has 0 atom stereocenters. The van der Waals surface area contributed by atoms with Crippen molar-refractivity contribution in [3.05, 3.63) is 64.7 Å². The van der Waals surface area contributed by atoms with E-state index in [4.69, 9.17) is 5.26 Å². The maximum Gasteiger partial charge on any atom is 0.126 e. The largest absolute Gasteiger partial charge is 0.381 e. The lowest BCUT2D eigenvalue weighted by molar-refractivity contribution is 0.618. The van der Waals surface area contributed by atoms with Crippen LogP contribution in [0, 0.1) is 29.9 Å².